The van der Waals surface area contributed by atoms with Gasteiger partial charge in [-0.2, -0.15) is 0 Å². The van der Waals surface area contributed by atoms with Crippen molar-refractivity contribution in [3.05, 3.63) is 63.2 Å². The highest BCUT2D eigenvalue weighted by atomic mass is 35.5. The number of nitrogens with zero attached hydrogens (tertiary/aromatic N) is 4. The zero-order valence-corrected chi connectivity index (χ0v) is 18.3. The predicted octanol–water partition coefficient (Wildman–Crippen LogP) is 4.49. The molecule has 4 rings (SSSR count). The molecule has 9 nitrogen and oxygen atoms in total. The second-order valence-corrected chi connectivity index (χ2v) is 8.22. The molecule has 0 aliphatic carbocycles. The number of fused-ring (bicyclic) bond motifs is 2. The number of carbonyl (C=O) groups is 1. The maximum absolute atomic E-state index is 13.1. The number of hydrogen-bond donors (Lipinski definition) is 2. The van der Waals surface area contributed by atoms with Crippen molar-refractivity contribution in [2.75, 3.05) is 12.3 Å². The minimum Gasteiger partial charge on any atom is -0.384 e. The summed E-state index contributed by atoms with van der Waals surface area (Å²) in [7, 11) is 0. The summed E-state index contributed by atoms with van der Waals surface area (Å²) < 4.78 is 1.50. The predicted molar refractivity (Wildman–Crippen MR) is 124 cm³/mol. The third-order valence-electron chi connectivity index (χ3n) is 5.12. The van der Waals surface area contributed by atoms with E-state index in [2.05, 4.69) is 29.1 Å². The zero-order chi connectivity index (χ0) is 23.0. The van der Waals surface area contributed by atoms with E-state index in [1.165, 1.54) is 16.7 Å². The Labute approximate surface area is 188 Å². The zero-order valence-electron chi connectivity index (χ0n) is 17.5. The Morgan fingerprint density at radius 3 is 2.56 bits per heavy atom. The molecule has 164 valence electrons. The number of nitro groups is 1. The van der Waals surface area contributed by atoms with E-state index in [9.17, 15) is 14.9 Å². The van der Waals surface area contributed by atoms with Crippen LogP contribution in [0.5, 0.6) is 0 Å². The van der Waals surface area contributed by atoms with E-state index in [0.717, 1.165) is 6.42 Å². The van der Waals surface area contributed by atoms with E-state index in [4.69, 9.17) is 17.3 Å². The summed E-state index contributed by atoms with van der Waals surface area (Å²) in [4.78, 5) is 33.2. The number of amides is 1. The molecule has 0 unspecified atom stereocenters. The molecule has 0 atom stereocenters. The lowest BCUT2D eigenvalue weighted by Gasteiger charge is -2.09. The monoisotopic (exact) mass is 452 g/mol. The maximum atomic E-state index is 13.1. The standard InChI is InChI=1S/C22H21ClN6O3/c1-12(2)9-10-25-22(30)18-19-21(27-16-6-4-3-5-15(16)26-19)28(20(18)24)13-7-8-14(23)17(11-13)29(31)32/h3-8,11-12H,9-10,24H2,1-2H3,(H,25,30). The lowest BCUT2D eigenvalue weighted by atomic mass is 10.1. The molecule has 0 saturated heterocycles. The quantitative estimate of drug-likeness (QED) is 0.327. The van der Waals surface area contributed by atoms with Crippen LogP contribution >= 0.6 is 11.6 Å². The Morgan fingerprint density at radius 2 is 1.91 bits per heavy atom. The van der Waals surface area contributed by atoms with Gasteiger partial charge in [0.25, 0.3) is 11.6 Å². The van der Waals surface area contributed by atoms with Gasteiger partial charge in [0.05, 0.1) is 21.6 Å². The number of benzene rings is 2. The van der Waals surface area contributed by atoms with Crippen molar-refractivity contribution in [1.82, 2.24) is 19.9 Å². The highest BCUT2D eigenvalue weighted by Gasteiger charge is 2.26. The second kappa shape index (κ2) is 8.43. The van der Waals surface area contributed by atoms with Crippen LogP contribution in [0.2, 0.25) is 5.02 Å². The molecule has 0 aliphatic heterocycles. The fraction of sp³-hybridized carbons (Fsp3) is 0.227. The van der Waals surface area contributed by atoms with E-state index < -0.39 is 4.92 Å². The van der Waals surface area contributed by atoms with Gasteiger partial charge >= 0.3 is 0 Å². The van der Waals surface area contributed by atoms with Crippen molar-refractivity contribution < 1.29 is 9.72 Å². The van der Waals surface area contributed by atoms with Gasteiger partial charge in [-0.15, -0.1) is 0 Å². The summed E-state index contributed by atoms with van der Waals surface area (Å²) in [6, 6.07) is 11.5. The molecule has 0 spiro atoms. The summed E-state index contributed by atoms with van der Waals surface area (Å²) in [5.41, 5.74) is 8.55. The summed E-state index contributed by atoms with van der Waals surface area (Å²) >= 11 is 5.98. The van der Waals surface area contributed by atoms with Gasteiger partial charge in [0.15, 0.2) is 5.65 Å². The van der Waals surface area contributed by atoms with Crippen molar-refractivity contribution in [1.29, 1.82) is 0 Å². The SMILES string of the molecule is CC(C)CCNC(=O)c1c(N)n(-c2ccc(Cl)c([N+](=O)[O-])c2)c2nc3ccccc3nc12. The molecule has 10 heteroatoms. The van der Waals surface area contributed by atoms with Gasteiger partial charge in [-0.3, -0.25) is 19.5 Å². The number of hydrogen-bond acceptors (Lipinski definition) is 6. The van der Waals surface area contributed by atoms with Gasteiger partial charge in [0, 0.05) is 12.6 Å². The Balaban J connectivity index is 1.96. The molecule has 0 aliphatic rings. The van der Waals surface area contributed by atoms with Crippen molar-refractivity contribution >= 4 is 51.2 Å². The Kier molecular flexibility index (Phi) is 5.67. The van der Waals surface area contributed by atoms with E-state index in [1.807, 2.05) is 12.1 Å². The Hall–Kier alpha value is -3.72. The first kappa shape index (κ1) is 21.5. The fourth-order valence-corrected chi connectivity index (χ4v) is 3.68. The second-order valence-electron chi connectivity index (χ2n) is 7.81. The molecule has 4 aromatic rings. The number of anilines is 1. The number of nitro benzene ring substituents is 1. The molecule has 2 aromatic heterocycles. The fourth-order valence-electron chi connectivity index (χ4n) is 3.49. The lowest BCUT2D eigenvalue weighted by molar-refractivity contribution is -0.384. The smallest absolute Gasteiger partial charge is 0.289 e. The third kappa shape index (κ3) is 3.82. The van der Waals surface area contributed by atoms with Crippen molar-refractivity contribution in [2.45, 2.75) is 20.3 Å². The average molecular weight is 453 g/mol. The largest absolute Gasteiger partial charge is 0.384 e. The van der Waals surface area contributed by atoms with Gasteiger partial charge in [0.1, 0.15) is 21.9 Å². The molecule has 0 radical (unpaired) electrons. The molecule has 0 bridgehead atoms. The maximum Gasteiger partial charge on any atom is 0.289 e. The van der Waals surface area contributed by atoms with Crippen molar-refractivity contribution in [2.24, 2.45) is 5.92 Å². The van der Waals surface area contributed by atoms with Crippen LogP contribution in [-0.2, 0) is 0 Å². The number of nitrogens with two attached hydrogens (primary N) is 1. The average Bonchev–Trinajstić information content (AvgIpc) is 3.02. The number of rotatable bonds is 6. The van der Waals surface area contributed by atoms with Crippen LogP contribution in [0.25, 0.3) is 27.9 Å². The minimum absolute atomic E-state index is 0.00281. The molecule has 2 aromatic carbocycles. The van der Waals surface area contributed by atoms with Crippen LogP contribution in [0.1, 0.15) is 30.6 Å². The highest BCUT2D eigenvalue weighted by Crippen LogP contribution is 2.34. The normalized spacial score (nSPS) is 11.4. The van der Waals surface area contributed by atoms with Gasteiger partial charge < -0.3 is 11.1 Å². The molecule has 0 saturated carbocycles. The van der Waals surface area contributed by atoms with E-state index in [0.29, 0.717) is 40.3 Å². The van der Waals surface area contributed by atoms with E-state index in [-0.39, 0.29) is 28.0 Å². The number of carbonyl (C=O) groups excluding carboxylic acids is 1. The molecular weight excluding hydrogens is 432 g/mol. The summed E-state index contributed by atoms with van der Waals surface area (Å²) in [5, 5.41) is 14.3. The lowest BCUT2D eigenvalue weighted by Crippen LogP contribution is -2.26. The third-order valence-corrected chi connectivity index (χ3v) is 5.44. The topological polar surface area (TPSA) is 129 Å². The molecule has 3 N–H and O–H groups in total. The number of nitrogens with one attached hydrogen (secondary N) is 1. The molecular formula is C22H21ClN6O3. The number of halogens is 1. The Morgan fingerprint density at radius 1 is 1.22 bits per heavy atom. The number of aromatic nitrogens is 3. The van der Waals surface area contributed by atoms with Gasteiger partial charge in [-0.25, -0.2) is 9.97 Å². The summed E-state index contributed by atoms with van der Waals surface area (Å²) in [6.07, 6.45) is 0.808. The van der Waals surface area contributed by atoms with Crippen LogP contribution < -0.4 is 11.1 Å². The van der Waals surface area contributed by atoms with E-state index in [1.54, 1.807) is 18.2 Å². The number of para-hydroxylation sites is 2. The highest BCUT2D eigenvalue weighted by molar-refractivity contribution is 6.32. The molecule has 0 fully saturated rings. The first-order valence-electron chi connectivity index (χ1n) is 10.1. The van der Waals surface area contributed by atoms with Crippen molar-refractivity contribution in [3.8, 4) is 5.69 Å². The van der Waals surface area contributed by atoms with Gasteiger partial charge in [-0.05, 0) is 36.6 Å². The molecule has 2 heterocycles. The summed E-state index contributed by atoms with van der Waals surface area (Å²) in [6.45, 7) is 4.62. The van der Waals surface area contributed by atoms with Crippen LogP contribution in [0.15, 0.2) is 42.5 Å². The van der Waals surface area contributed by atoms with E-state index >= 15 is 0 Å². The minimum atomic E-state index is -0.575. The van der Waals surface area contributed by atoms with Gasteiger partial charge in [-0.1, -0.05) is 37.6 Å². The van der Waals surface area contributed by atoms with Crippen LogP contribution in [0, 0.1) is 16.0 Å². The first-order chi connectivity index (χ1) is 15.3. The molecule has 32 heavy (non-hydrogen) atoms. The Bertz CT molecular complexity index is 1370. The van der Waals surface area contributed by atoms with Crippen molar-refractivity contribution in [3.63, 3.8) is 0 Å². The first-order valence-corrected chi connectivity index (χ1v) is 10.4. The van der Waals surface area contributed by atoms with Crippen LogP contribution in [-0.4, -0.2) is 31.9 Å². The van der Waals surface area contributed by atoms with Crippen LogP contribution in [0.3, 0.4) is 0 Å². The van der Waals surface area contributed by atoms with Crippen LogP contribution in [0.4, 0.5) is 11.5 Å². The molecule has 1 amide bonds. The number of nitrogen functional groups attached to an aromatic ring is 1. The van der Waals surface area contributed by atoms with Gasteiger partial charge in [0.2, 0.25) is 0 Å². The summed E-state index contributed by atoms with van der Waals surface area (Å²) in [5.74, 6) is 0.140.